The molecule has 21 heavy (non-hydrogen) atoms. The maximum Gasteiger partial charge on any atom is 0.123 e. The summed E-state index contributed by atoms with van der Waals surface area (Å²) in [4.78, 5) is 0. The first-order chi connectivity index (χ1) is 10.1. The second kappa shape index (κ2) is 7.37. The van der Waals surface area contributed by atoms with Crippen molar-refractivity contribution in [1.29, 1.82) is 0 Å². The van der Waals surface area contributed by atoms with Gasteiger partial charge in [-0.2, -0.15) is 0 Å². The molecule has 0 aliphatic rings. The number of likely N-dealkylation sites (N-methyl/N-ethyl adjacent to an activating group) is 1. The molecule has 0 bridgehead atoms. The molecule has 1 unspecified atom stereocenters. The molecule has 0 fully saturated rings. The molecule has 0 aliphatic carbocycles. The van der Waals surface area contributed by atoms with Gasteiger partial charge in [-0.15, -0.1) is 0 Å². The van der Waals surface area contributed by atoms with E-state index in [0.717, 1.165) is 18.5 Å². The average Bonchev–Trinajstić information content (AvgIpc) is 2.48. The zero-order valence-corrected chi connectivity index (χ0v) is 13.1. The summed E-state index contributed by atoms with van der Waals surface area (Å²) in [6.07, 6.45) is 0.915. The third-order valence-electron chi connectivity index (χ3n) is 3.81. The summed E-state index contributed by atoms with van der Waals surface area (Å²) in [7, 11) is 0. The predicted octanol–water partition coefficient (Wildman–Crippen LogP) is 4.84. The van der Waals surface area contributed by atoms with Gasteiger partial charge in [0.15, 0.2) is 0 Å². The summed E-state index contributed by atoms with van der Waals surface area (Å²) in [5.74, 6) is 0.371. The van der Waals surface area contributed by atoms with Crippen LogP contribution in [0.25, 0.3) is 0 Å². The fourth-order valence-corrected chi connectivity index (χ4v) is 2.52. The van der Waals surface area contributed by atoms with Gasteiger partial charge in [-0.1, -0.05) is 57.2 Å². The van der Waals surface area contributed by atoms with Crippen LogP contribution in [0.15, 0.2) is 48.5 Å². The number of nitrogens with one attached hydrogen (secondary N) is 1. The fraction of sp³-hybridized carbons (Fsp3) is 0.368. The molecule has 1 atom stereocenters. The molecule has 2 heteroatoms. The Labute approximate surface area is 127 Å². The number of hydrogen-bond acceptors (Lipinski definition) is 1. The van der Waals surface area contributed by atoms with Crippen LogP contribution in [0, 0.1) is 5.82 Å². The van der Waals surface area contributed by atoms with Gasteiger partial charge in [0.25, 0.3) is 0 Å². The molecule has 0 aliphatic heterocycles. The molecule has 0 saturated carbocycles. The van der Waals surface area contributed by atoms with Gasteiger partial charge in [0, 0.05) is 6.04 Å². The Morgan fingerprint density at radius 2 is 1.48 bits per heavy atom. The summed E-state index contributed by atoms with van der Waals surface area (Å²) in [5, 5.41) is 3.48. The average molecular weight is 285 g/mol. The molecule has 1 nitrogen and oxygen atoms in total. The van der Waals surface area contributed by atoms with Gasteiger partial charge < -0.3 is 5.32 Å². The molecule has 0 radical (unpaired) electrons. The molecule has 0 amide bonds. The minimum absolute atomic E-state index is 0.185. The second-order valence-electron chi connectivity index (χ2n) is 5.76. The standard InChI is InChI=1S/C19H24FN/c1-4-21-19(17-9-11-18(20)12-10-17)13-15-5-7-16(8-6-15)14(2)3/h5-12,14,19,21H,4,13H2,1-3H3. The highest BCUT2D eigenvalue weighted by atomic mass is 19.1. The first-order valence-electron chi connectivity index (χ1n) is 7.67. The normalized spacial score (nSPS) is 12.6. The van der Waals surface area contributed by atoms with Crippen molar-refractivity contribution in [1.82, 2.24) is 5.32 Å². The van der Waals surface area contributed by atoms with Crippen molar-refractivity contribution >= 4 is 0 Å². The largest absolute Gasteiger partial charge is 0.310 e. The molecule has 0 saturated heterocycles. The Morgan fingerprint density at radius 3 is 2.00 bits per heavy atom. The van der Waals surface area contributed by atoms with Crippen LogP contribution in [0.1, 0.15) is 49.4 Å². The third kappa shape index (κ3) is 4.40. The SMILES string of the molecule is CCNC(Cc1ccc(C(C)C)cc1)c1ccc(F)cc1. The van der Waals surface area contributed by atoms with Crippen molar-refractivity contribution in [2.24, 2.45) is 0 Å². The molecule has 1 N–H and O–H groups in total. The van der Waals surface area contributed by atoms with Crippen LogP contribution in [0.3, 0.4) is 0 Å². The third-order valence-corrected chi connectivity index (χ3v) is 3.81. The van der Waals surface area contributed by atoms with Gasteiger partial charge >= 0.3 is 0 Å². The van der Waals surface area contributed by atoms with E-state index in [0.29, 0.717) is 5.92 Å². The molecular formula is C19H24FN. The minimum Gasteiger partial charge on any atom is -0.310 e. The van der Waals surface area contributed by atoms with Crippen LogP contribution in [0.2, 0.25) is 0 Å². The molecule has 112 valence electrons. The van der Waals surface area contributed by atoms with Crippen molar-refractivity contribution in [3.8, 4) is 0 Å². The van der Waals surface area contributed by atoms with E-state index in [1.54, 1.807) is 0 Å². The molecule has 2 aromatic carbocycles. The molecular weight excluding hydrogens is 261 g/mol. The van der Waals surface area contributed by atoms with Crippen molar-refractivity contribution in [2.75, 3.05) is 6.54 Å². The Morgan fingerprint density at radius 1 is 0.905 bits per heavy atom. The van der Waals surface area contributed by atoms with E-state index >= 15 is 0 Å². The van der Waals surface area contributed by atoms with Crippen molar-refractivity contribution < 1.29 is 4.39 Å². The highest BCUT2D eigenvalue weighted by Gasteiger charge is 2.11. The first kappa shape index (κ1) is 15.7. The predicted molar refractivity (Wildman–Crippen MR) is 87.1 cm³/mol. The maximum atomic E-state index is 13.1. The summed E-state index contributed by atoms with van der Waals surface area (Å²) < 4.78 is 13.1. The van der Waals surface area contributed by atoms with Crippen LogP contribution in [-0.4, -0.2) is 6.54 Å². The van der Waals surface area contributed by atoms with Gasteiger partial charge in [0.2, 0.25) is 0 Å². The lowest BCUT2D eigenvalue weighted by Crippen LogP contribution is -2.23. The Balaban J connectivity index is 2.13. The summed E-state index contributed by atoms with van der Waals surface area (Å²) in [5.41, 5.74) is 3.79. The first-order valence-corrected chi connectivity index (χ1v) is 7.67. The van der Waals surface area contributed by atoms with Crippen LogP contribution in [-0.2, 0) is 6.42 Å². The van der Waals surface area contributed by atoms with Crippen molar-refractivity contribution in [3.63, 3.8) is 0 Å². The van der Waals surface area contributed by atoms with Gasteiger partial charge in [0.1, 0.15) is 5.82 Å². The van der Waals surface area contributed by atoms with Crippen LogP contribution in [0.5, 0.6) is 0 Å². The number of benzene rings is 2. The maximum absolute atomic E-state index is 13.1. The molecule has 2 rings (SSSR count). The van der Waals surface area contributed by atoms with Crippen LogP contribution < -0.4 is 5.32 Å². The lowest BCUT2D eigenvalue weighted by Gasteiger charge is -2.19. The monoisotopic (exact) mass is 285 g/mol. The van der Waals surface area contributed by atoms with E-state index in [2.05, 4.69) is 50.4 Å². The smallest absolute Gasteiger partial charge is 0.123 e. The molecule has 0 aromatic heterocycles. The molecule has 2 aromatic rings. The van der Waals surface area contributed by atoms with Gasteiger partial charge in [-0.25, -0.2) is 4.39 Å². The Kier molecular flexibility index (Phi) is 5.51. The van der Waals surface area contributed by atoms with Gasteiger partial charge in [-0.05, 0) is 47.7 Å². The molecule has 0 spiro atoms. The summed E-state index contributed by atoms with van der Waals surface area (Å²) in [6, 6.07) is 15.8. The highest BCUT2D eigenvalue weighted by Crippen LogP contribution is 2.21. The minimum atomic E-state index is -0.185. The zero-order valence-electron chi connectivity index (χ0n) is 13.1. The summed E-state index contributed by atoms with van der Waals surface area (Å²) in [6.45, 7) is 7.40. The quantitative estimate of drug-likeness (QED) is 0.800. The Hall–Kier alpha value is -1.67. The Bertz CT molecular complexity index is 543. The van der Waals surface area contributed by atoms with Crippen molar-refractivity contribution in [3.05, 3.63) is 71.0 Å². The zero-order chi connectivity index (χ0) is 15.2. The van der Waals surface area contributed by atoms with Gasteiger partial charge in [0.05, 0.1) is 0 Å². The van der Waals surface area contributed by atoms with E-state index in [-0.39, 0.29) is 11.9 Å². The fourth-order valence-electron chi connectivity index (χ4n) is 2.52. The van der Waals surface area contributed by atoms with Crippen LogP contribution in [0.4, 0.5) is 4.39 Å². The van der Waals surface area contributed by atoms with Gasteiger partial charge in [-0.3, -0.25) is 0 Å². The topological polar surface area (TPSA) is 12.0 Å². The van der Waals surface area contributed by atoms with E-state index in [1.165, 1.54) is 23.3 Å². The van der Waals surface area contributed by atoms with Crippen molar-refractivity contribution in [2.45, 2.75) is 39.2 Å². The number of rotatable bonds is 6. The van der Waals surface area contributed by atoms with Crippen LogP contribution >= 0.6 is 0 Å². The van der Waals surface area contributed by atoms with E-state index in [4.69, 9.17) is 0 Å². The lowest BCUT2D eigenvalue weighted by atomic mass is 9.96. The second-order valence-corrected chi connectivity index (χ2v) is 5.76. The summed E-state index contributed by atoms with van der Waals surface area (Å²) >= 11 is 0. The molecule has 0 heterocycles. The van der Waals surface area contributed by atoms with E-state index in [9.17, 15) is 4.39 Å². The highest BCUT2D eigenvalue weighted by molar-refractivity contribution is 5.28. The lowest BCUT2D eigenvalue weighted by molar-refractivity contribution is 0.547. The number of halogens is 1. The van der Waals surface area contributed by atoms with E-state index < -0.39 is 0 Å². The van der Waals surface area contributed by atoms with E-state index in [1.807, 2.05) is 12.1 Å². The number of hydrogen-bond donors (Lipinski definition) is 1.